The van der Waals surface area contributed by atoms with Gasteiger partial charge in [0.25, 0.3) is 0 Å². The minimum atomic E-state index is 0.164. The maximum absolute atomic E-state index is 9.11. The molecule has 2 rings (SSSR count). The fourth-order valence-corrected chi connectivity index (χ4v) is 2.48. The number of nitrogens with zero attached hydrogens (tertiary/aromatic N) is 4. The Morgan fingerprint density at radius 1 is 1.35 bits per heavy atom. The molecular formula is C14H17N5S. The summed E-state index contributed by atoms with van der Waals surface area (Å²) < 4.78 is 0. The van der Waals surface area contributed by atoms with Gasteiger partial charge in [0.15, 0.2) is 0 Å². The SMILES string of the molecule is C/C(=C(/C#N)C(N)=S)N1CCN(c2ccccn2)CC1. The number of pyridine rings is 1. The molecule has 1 aromatic heterocycles. The number of piperazine rings is 1. The molecule has 6 heteroatoms. The molecule has 2 heterocycles. The van der Waals surface area contributed by atoms with Gasteiger partial charge in [-0.25, -0.2) is 4.98 Å². The van der Waals surface area contributed by atoms with Gasteiger partial charge in [-0.2, -0.15) is 5.26 Å². The van der Waals surface area contributed by atoms with Crippen LogP contribution in [0.4, 0.5) is 5.82 Å². The Labute approximate surface area is 124 Å². The van der Waals surface area contributed by atoms with Gasteiger partial charge in [-0.1, -0.05) is 18.3 Å². The standard InChI is InChI=1S/C14H17N5S/c1-11(12(10-15)14(16)20)18-6-8-19(9-7-18)13-4-2-3-5-17-13/h2-5H,6-9H2,1H3,(H2,16,20)/b12-11+. The zero-order valence-corrected chi connectivity index (χ0v) is 12.2. The highest BCUT2D eigenvalue weighted by atomic mass is 32.1. The normalized spacial score (nSPS) is 16.4. The molecular weight excluding hydrogens is 270 g/mol. The van der Waals surface area contributed by atoms with Crippen LogP contribution in [-0.2, 0) is 0 Å². The van der Waals surface area contributed by atoms with Gasteiger partial charge in [-0.3, -0.25) is 0 Å². The van der Waals surface area contributed by atoms with E-state index in [9.17, 15) is 0 Å². The third kappa shape index (κ3) is 3.06. The summed E-state index contributed by atoms with van der Waals surface area (Å²) in [5, 5.41) is 9.11. The predicted octanol–water partition coefficient (Wildman–Crippen LogP) is 1.29. The number of nitrogens with two attached hydrogens (primary N) is 1. The average Bonchev–Trinajstić information content (AvgIpc) is 2.48. The highest BCUT2D eigenvalue weighted by molar-refractivity contribution is 7.80. The van der Waals surface area contributed by atoms with Gasteiger partial charge < -0.3 is 15.5 Å². The maximum Gasteiger partial charge on any atom is 0.128 e. The van der Waals surface area contributed by atoms with E-state index in [0.717, 1.165) is 37.7 Å². The van der Waals surface area contributed by atoms with Gasteiger partial charge in [0.1, 0.15) is 22.4 Å². The van der Waals surface area contributed by atoms with Crippen molar-refractivity contribution in [1.82, 2.24) is 9.88 Å². The van der Waals surface area contributed by atoms with Crippen LogP contribution in [0.15, 0.2) is 35.7 Å². The predicted molar refractivity (Wildman–Crippen MR) is 83.1 cm³/mol. The van der Waals surface area contributed by atoms with Crippen molar-refractivity contribution in [1.29, 1.82) is 5.26 Å². The molecule has 0 radical (unpaired) electrons. The second kappa shape index (κ2) is 6.35. The Balaban J connectivity index is 2.05. The second-order valence-electron chi connectivity index (χ2n) is 4.60. The van der Waals surface area contributed by atoms with Crippen LogP contribution in [0.5, 0.6) is 0 Å². The maximum atomic E-state index is 9.11. The van der Waals surface area contributed by atoms with Gasteiger partial charge in [-0.05, 0) is 19.1 Å². The summed E-state index contributed by atoms with van der Waals surface area (Å²) in [7, 11) is 0. The lowest BCUT2D eigenvalue weighted by Gasteiger charge is -2.37. The fraction of sp³-hybridized carbons (Fsp3) is 0.357. The quantitative estimate of drug-likeness (QED) is 0.513. The van der Waals surface area contributed by atoms with Crippen molar-refractivity contribution < 1.29 is 0 Å². The lowest BCUT2D eigenvalue weighted by atomic mass is 10.2. The molecule has 0 spiro atoms. The van der Waals surface area contributed by atoms with Crippen LogP contribution in [0.25, 0.3) is 0 Å². The zero-order valence-electron chi connectivity index (χ0n) is 11.4. The van der Waals surface area contributed by atoms with Crippen LogP contribution >= 0.6 is 12.2 Å². The van der Waals surface area contributed by atoms with Crippen molar-refractivity contribution in [3.05, 3.63) is 35.7 Å². The van der Waals surface area contributed by atoms with Gasteiger partial charge in [0, 0.05) is 38.1 Å². The van der Waals surface area contributed by atoms with Crippen LogP contribution in [0.1, 0.15) is 6.92 Å². The molecule has 0 unspecified atom stereocenters. The van der Waals surface area contributed by atoms with E-state index in [0.29, 0.717) is 5.57 Å². The first-order chi connectivity index (χ1) is 9.63. The van der Waals surface area contributed by atoms with E-state index in [1.807, 2.05) is 25.1 Å². The number of rotatable bonds is 3. The van der Waals surface area contributed by atoms with Crippen molar-refractivity contribution >= 4 is 23.0 Å². The lowest BCUT2D eigenvalue weighted by molar-refractivity contribution is 0.320. The summed E-state index contributed by atoms with van der Waals surface area (Å²) in [6.45, 7) is 5.29. The molecule has 5 nitrogen and oxygen atoms in total. The molecule has 0 aliphatic carbocycles. The molecule has 1 aliphatic heterocycles. The van der Waals surface area contributed by atoms with Crippen LogP contribution in [0.2, 0.25) is 0 Å². The summed E-state index contributed by atoms with van der Waals surface area (Å²) in [6.07, 6.45) is 1.80. The summed E-state index contributed by atoms with van der Waals surface area (Å²) in [5.74, 6) is 0.989. The highest BCUT2D eigenvalue weighted by Crippen LogP contribution is 2.17. The van der Waals surface area contributed by atoms with Crippen LogP contribution in [0, 0.1) is 11.3 Å². The summed E-state index contributed by atoms with van der Waals surface area (Å²) in [5.41, 5.74) is 6.85. The first-order valence-corrected chi connectivity index (χ1v) is 6.86. The third-order valence-corrected chi connectivity index (χ3v) is 3.65. The lowest BCUT2D eigenvalue weighted by Crippen LogP contribution is -2.46. The van der Waals surface area contributed by atoms with E-state index in [4.69, 9.17) is 23.2 Å². The van der Waals surface area contributed by atoms with Gasteiger partial charge in [0.2, 0.25) is 0 Å². The molecule has 20 heavy (non-hydrogen) atoms. The third-order valence-electron chi connectivity index (χ3n) is 3.45. The molecule has 1 aliphatic rings. The smallest absolute Gasteiger partial charge is 0.128 e. The Hall–Kier alpha value is -2.13. The Morgan fingerprint density at radius 3 is 2.55 bits per heavy atom. The molecule has 2 N–H and O–H groups in total. The number of allylic oxidation sites excluding steroid dienone is 1. The molecule has 0 amide bonds. The van der Waals surface area contributed by atoms with Gasteiger partial charge in [0.05, 0.1) is 0 Å². The largest absolute Gasteiger partial charge is 0.389 e. The molecule has 1 aromatic rings. The van der Waals surface area contributed by atoms with Crippen molar-refractivity contribution in [3.8, 4) is 6.07 Å². The zero-order chi connectivity index (χ0) is 14.5. The van der Waals surface area contributed by atoms with Crippen molar-refractivity contribution in [2.24, 2.45) is 5.73 Å². The number of hydrogen-bond acceptors (Lipinski definition) is 5. The number of hydrogen-bond donors (Lipinski definition) is 1. The number of thiocarbonyl (C=S) groups is 1. The van der Waals surface area contributed by atoms with Crippen molar-refractivity contribution in [2.45, 2.75) is 6.92 Å². The van der Waals surface area contributed by atoms with E-state index in [1.165, 1.54) is 0 Å². The fourth-order valence-electron chi connectivity index (χ4n) is 2.28. The van der Waals surface area contributed by atoms with E-state index < -0.39 is 0 Å². The first kappa shape index (κ1) is 14.3. The van der Waals surface area contributed by atoms with Crippen LogP contribution in [0.3, 0.4) is 0 Å². The minimum absolute atomic E-state index is 0.164. The Kier molecular flexibility index (Phi) is 4.53. The molecule has 0 saturated carbocycles. The van der Waals surface area contributed by atoms with Crippen molar-refractivity contribution in [3.63, 3.8) is 0 Å². The number of aromatic nitrogens is 1. The summed E-state index contributed by atoms with van der Waals surface area (Å²) in [4.78, 5) is 8.90. The number of anilines is 1. The van der Waals surface area contributed by atoms with Gasteiger partial charge in [-0.15, -0.1) is 0 Å². The van der Waals surface area contributed by atoms with Crippen LogP contribution in [-0.4, -0.2) is 41.1 Å². The highest BCUT2D eigenvalue weighted by Gasteiger charge is 2.20. The Bertz CT molecular complexity index is 553. The van der Waals surface area contributed by atoms with E-state index in [1.54, 1.807) is 6.20 Å². The molecule has 0 bridgehead atoms. The molecule has 104 valence electrons. The number of nitriles is 1. The first-order valence-electron chi connectivity index (χ1n) is 6.45. The molecule has 1 fully saturated rings. The van der Waals surface area contributed by atoms with E-state index in [-0.39, 0.29) is 4.99 Å². The molecule has 0 atom stereocenters. The molecule has 0 aromatic carbocycles. The van der Waals surface area contributed by atoms with Gasteiger partial charge >= 0.3 is 0 Å². The average molecular weight is 287 g/mol. The monoisotopic (exact) mass is 287 g/mol. The summed E-state index contributed by atoms with van der Waals surface area (Å²) in [6, 6.07) is 7.99. The van der Waals surface area contributed by atoms with Crippen molar-refractivity contribution in [2.75, 3.05) is 31.1 Å². The van der Waals surface area contributed by atoms with E-state index >= 15 is 0 Å². The molecule has 1 saturated heterocycles. The Morgan fingerprint density at radius 2 is 2.05 bits per heavy atom. The topological polar surface area (TPSA) is 69.2 Å². The minimum Gasteiger partial charge on any atom is -0.389 e. The van der Waals surface area contributed by atoms with E-state index in [2.05, 4.69) is 20.9 Å². The summed E-state index contributed by atoms with van der Waals surface area (Å²) >= 11 is 4.91. The second-order valence-corrected chi connectivity index (χ2v) is 5.04. The van der Waals surface area contributed by atoms with Crippen LogP contribution < -0.4 is 10.6 Å².